The Hall–Kier alpha value is -0.870. The molecule has 1 N–H and O–H groups in total. The van der Waals surface area contributed by atoms with Gasteiger partial charge in [0.2, 0.25) is 0 Å². The van der Waals surface area contributed by atoms with E-state index >= 15 is 0 Å². The number of benzene rings is 1. The quantitative estimate of drug-likeness (QED) is 0.906. The third-order valence-corrected chi connectivity index (χ3v) is 6.68. The lowest BCUT2D eigenvalue weighted by Gasteiger charge is -2.40. The number of nitrogens with one attached hydrogen (secondary N) is 1. The van der Waals surface area contributed by atoms with Crippen molar-refractivity contribution in [2.45, 2.75) is 62.6 Å². The van der Waals surface area contributed by atoms with E-state index in [0.717, 1.165) is 32.2 Å². The zero-order valence-electron chi connectivity index (χ0n) is 13.3. The fourth-order valence-corrected chi connectivity index (χ4v) is 5.42. The first-order chi connectivity index (χ1) is 9.87. The highest BCUT2D eigenvalue weighted by Crippen LogP contribution is 2.39. The van der Waals surface area contributed by atoms with Crippen LogP contribution in [0.4, 0.5) is 0 Å². The van der Waals surface area contributed by atoms with Gasteiger partial charge in [-0.1, -0.05) is 39.0 Å². The summed E-state index contributed by atoms with van der Waals surface area (Å²) in [6, 6.07) is 8.96. The van der Waals surface area contributed by atoms with Crippen LogP contribution in [0.1, 0.15) is 46.5 Å². The second-order valence-electron chi connectivity index (χ2n) is 6.86. The van der Waals surface area contributed by atoms with E-state index < -0.39 is 9.84 Å². The van der Waals surface area contributed by atoms with Gasteiger partial charge in [0.05, 0.1) is 10.1 Å². The summed E-state index contributed by atoms with van der Waals surface area (Å²) < 4.78 is 26.0. The van der Waals surface area contributed by atoms with Crippen LogP contribution in [0, 0.1) is 5.41 Å². The van der Waals surface area contributed by atoms with Crippen molar-refractivity contribution in [1.82, 2.24) is 5.32 Å². The van der Waals surface area contributed by atoms with E-state index in [1.54, 1.807) is 24.3 Å². The zero-order valence-corrected chi connectivity index (χ0v) is 14.1. The highest BCUT2D eigenvalue weighted by Gasteiger charge is 2.42. The number of rotatable bonds is 5. The van der Waals surface area contributed by atoms with Crippen molar-refractivity contribution < 1.29 is 8.42 Å². The number of sulfone groups is 1. The molecule has 0 amide bonds. The first-order valence-corrected chi connectivity index (χ1v) is 9.44. The number of hydrogen-bond acceptors (Lipinski definition) is 3. The van der Waals surface area contributed by atoms with E-state index in [0.29, 0.717) is 4.90 Å². The SMILES string of the molecule is CCCNC1CCC(C)(C)CC1S(=O)(=O)c1ccccc1. The van der Waals surface area contributed by atoms with E-state index in [1.807, 2.05) is 6.07 Å². The van der Waals surface area contributed by atoms with Crippen molar-refractivity contribution in [2.75, 3.05) is 6.54 Å². The molecular weight excluding hydrogens is 282 g/mol. The van der Waals surface area contributed by atoms with Crippen molar-refractivity contribution in [3.05, 3.63) is 30.3 Å². The maximum absolute atomic E-state index is 13.0. The maximum Gasteiger partial charge on any atom is 0.182 e. The Labute approximate surface area is 129 Å². The molecule has 1 aromatic rings. The molecule has 2 unspecified atom stereocenters. The predicted molar refractivity (Wildman–Crippen MR) is 87.1 cm³/mol. The third kappa shape index (κ3) is 3.86. The molecule has 1 aromatic carbocycles. The van der Waals surface area contributed by atoms with Gasteiger partial charge in [0.25, 0.3) is 0 Å². The molecule has 1 aliphatic rings. The molecule has 0 aliphatic heterocycles. The summed E-state index contributed by atoms with van der Waals surface area (Å²) in [5.74, 6) is 0. The minimum Gasteiger partial charge on any atom is -0.313 e. The summed E-state index contributed by atoms with van der Waals surface area (Å²) in [7, 11) is -3.28. The van der Waals surface area contributed by atoms with Crippen LogP contribution in [-0.2, 0) is 9.84 Å². The largest absolute Gasteiger partial charge is 0.313 e. The average molecular weight is 309 g/mol. The standard InChI is InChI=1S/C17H27NO2S/c1-4-12-18-15-10-11-17(2,3)13-16(15)21(19,20)14-8-6-5-7-9-14/h5-9,15-16,18H,4,10-13H2,1-3H3. The van der Waals surface area contributed by atoms with Gasteiger partial charge in [-0.25, -0.2) is 8.42 Å². The summed E-state index contributed by atoms with van der Waals surface area (Å²) in [6.45, 7) is 7.35. The van der Waals surface area contributed by atoms with Crippen LogP contribution in [-0.4, -0.2) is 26.3 Å². The van der Waals surface area contributed by atoms with Crippen LogP contribution in [0.2, 0.25) is 0 Å². The monoisotopic (exact) mass is 309 g/mol. The fraction of sp³-hybridized carbons (Fsp3) is 0.647. The Bertz CT molecular complexity index is 551. The topological polar surface area (TPSA) is 46.2 Å². The molecule has 0 aromatic heterocycles. The summed E-state index contributed by atoms with van der Waals surface area (Å²) in [4.78, 5) is 0.455. The molecule has 1 fully saturated rings. The summed E-state index contributed by atoms with van der Waals surface area (Å²) in [6.07, 6.45) is 3.77. The third-order valence-electron chi connectivity index (χ3n) is 4.46. The van der Waals surface area contributed by atoms with Crippen LogP contribution in [0.3, 0.4) is 0 Å². The maximum atomic E-state index is 13.0. The van der Waals surface area contributed by atoms with Crippen LogP contribution in [0.15, 0.2) is 35.2 Å². The van der Waals surface area contributed by atoms with Gasteiger partial charge in [-0.2, -0.15) is 0 Å². The van der Waals surface area contributed by atoms with E-state index in [9.17, 15) is 8.42 Å². The Morgan fingerprint density at radius 1 is 1.24 bits per heavy atom. The van der Waals surface area contributed by atoms with E-state index in [4.69, 9.17) is 0 Å². The lowest BCUT2D eigenvalue weighted by Crippen LogP contribution is -2.50. The van der Waals surface area contributed by atoms with Crippen molar-refractivity contribution in [1.29, 1.82) is 0 Å². The highest BCUT2D eigenvalue weighted by molar-refractivity contribution is 7.92. The Kier molecular flexibility index (Phi) is 5.10. The number of hydrogen-bond donors (Lipinski definition) is 1. The van der Waals surface area contributed by atoms with Gasteiger partial charge >= 0.3 is 0 Å². The van der Waals surface area contributed by atoms with Gasteiger partial charge in [-0.3, -0.25) is 0 Å². The fourth-order valence-electron chi connectivity index (χ4n) is 3.20. The molecule has 0 bridgehead atoms. The molecule has 0 saturated heterocycles. The van der Waals surface area contributed by atoms with Gasteiger partial charge in [0.15, 0.2) is 9.84 Å². The first kappa shape index (κ1) is 16.5. The Morgan fingerprint density at radius 2 is 1.90 bits per heavy atom. The molecule has 0 spiro atoms. The molecule has 2 rings (SSSR count). The molecule has 118 valence electrons. The molecular formula is C17H27NO2S. The van der Waals surface area contributed by atoms with Crippen molar-refractivity contribution in [3.8, 4) is 0 Å². The van der Waals surface area contributed by atoms with Gasteiger partial charge in [0, 0.05) is 6.04 Å². The predicted octanol–water partition coefficient (Wildman–Crippen LogP) is 3.41. The van der Waals surface area contributed by atoms with Crippen molar-refractivity contribution in [2.24, 2.45) is 5.41 Å². The molecule has 4 heteroatoms. The second kappa shape index (κ2) is 6.49. The average Bonchev–Trinajstić information content (AvgIpc) is 2.46. The van der Waals surface area contributed by atoms with E-state index in [-0.39, 0.29) is 16.7 Å². The lowest BCUT2D eigenvalue weighted by atomic mass is 9.75. The molecule has 0 heterocycles. The second-order valence-corrected chi connectivity index (χ2v) is 9.03. The minimum absolute atomic E-state index is 0.0724. The minimum atomic E-state index is -3.28. The molecule has 3 nitrogen and oxygen atoms in total. The van der Waals surface area contributed by atoms with Gasteiger partial charge in [-0.15, -0.1) is 0 Å². The van der Waals surface area contributed by atoms with Crippen molar-refractivity contribution >= 4 is 9.84 Å². The molecule has 0 radical (unpaired) electrons. The van der Waals surface area contributed by atoms with Crippen LogP contribution in [0.25, 0.3) is 0 Å². The Morgan fingerprint density at radius 3 is 2.52 bits per heavy atom. The van der Waals surface area contributed by atoms with E-state index in [2.05, 4.69) is 26.1 Å². The Balaban J connectivity index is 2.30. The van der Waals surface area contributed by atoms with Gasteiger partial charge < -0.3 is 5.32 Å². The summed E-state index contributed by atoms with van der Waals surface area (Å²) in [5, 5.41) is 3.13. The molecule has 2 atom stereocenters. The van der Waals surface area contributed by atoms with Crippen molar-refractivity contribution in [3.63, 3.8) is 0 Å². The molecule has 1 aliphatic carbocycles. The summed E-state index contributed by atoms with van der Waals surface area (Å²) in [5.41, 5.74) is 0.0942. The summed E-state index contributed by atoms with van der Waals surface area (Å²) >= 11 is 0. The lowest BCUT2D eigenvalue weighted by molar-refractivity contribution is 0.209. The van der Waals surface area contributed by atoms with E-state index in [1.165, 1.54) is 0 Å². The van der Waals surface area contributed by atoms with Gasteiger partial charge in [0.1, 0.15) is 0 Å². The van der Waals surface area contributed by atoms with Crippen LogP contribution in [0.5, 0.6) is 0 Å². The first-order valence-electron chi connectivity index (χ1n) is 7.89. The molecule has 1 saturated carbocycles. The van der Waals surface area contributed by atoms with Crippen LogP contribution >= 0.6 is 0 Å². The normalized spacial score (nSPS) is 25.7. The molecule has 21 heavy (non-hydrogen) atoms. The highest BCUT2D eigenvalue weighted by atomic mass is 32.2. The van der Waals surface area contributed by atoms with Crippen LogP contribution < -0.4 is 5.32 Å². The zero-order chi connectivity index (χ0) is 15.5. The van der Waals surface area contributed by atoms with Gasteiger partial charge in [-0.05, 0) is 49.8 Å². The smallest absolute Gasteiger partial charge is 0.182 e.